The molecule has 0 atom stereocenters. The summed E-state index contributed by atoms with van der Waals surface area (Å²) in [5.74, 6) is -1.74. The molecule has 7 nitrogen and oxygen atoms in total. The molecule has 0 spiro atoms. The van der Waals surface area contributed by atoms with Crippen LogP contribution in [0.2, 0.25) is 0 Å². The van der Waals surface area contributed by atoms with Gasteiger partial charge < -0.3 is 19.2 Å². The second-order valence-electron chi connectivity index (χ2n) is 3.92. The van der Waals surface area contributed by atoms with Gasteiger partial charge in [0.15, 0.2) is 0 Å². The van der Waals surface area contributed by atoms with Crippen LogP contribution in [0.25, 0.3) is 0 Å². The largest absolute Gasteiger partial charge is 0.472 e. The average molecular weight is 283 g/mol. The lowest BCUT2D eigenvalue weighted by Crippen LogP contribution is -2.60. The van der Waals surface area contributed by atoms with Crippen LogP contribution in [0.4, 0.5) is 0 Å². The fourth-order valence-electron chi connectivity index (χ4n) is 1.71. The maximum atomic E-state index is 12.1. The van der Waals surface area contributed by atoms with Crippen LogP contribution in [0.15, 0.2) is 23.0 Å². The molecule has 0 aromatic carbocycles. The second kappa shape index (κ2) is 7.32. The highest BCUT2D eigenvalue weighted by molar-refractivity contribution is 6.06. The van der Waals surface area contributed by atoms with Crippen molar-refractivity contribution in [2.75, 3.05) is 13.2 Å². The number of rotatable bonds is 8. The van der Waals surface area contributed by atoms with Crippen LogP contribution in [0.5, 0.6) is 0 Å². The van der Waals surface area contributed by atoms with E-state index in [1.807, 2.05) is 0 Å². The number of hydrogen-bond donors (Lipinski definition) is 1. The molecule has 1 rings (SSSR count). The topological polar surface area (TPSA) is 94.8 Å². The van der Waals surface area contributed by atoms with E-state index in [2.05, 4.69) is 5.32 Å². The molecular formula is C13H17NO6. The zero-order valence-electron chi connectivity index (χ0n) is 11.4. The Bertz CT molecular complexity index is 435. The van der Waals surface area contributed by atoms with Crippen LogP contribution < -0.4 is 5.32 Å². The first-order valence-corrected chi connectivity index (χ1v) is 6.17. The summed E-state index contributed by atoms with van der Waals surface area (Å²) in [7, 11) is 0. The molecule has 0 aliphatic rings. The van der Waals surface area contributed by atoms with Gasteiger partial charge in [0.2, 0.25) is 11.9 Å². The summed E-state index contributed by atoms with van der Waals surface area (Å²) in [6.45, 7) is 3.36. The zero-order valence-corrected chi connectivity index (χ0v) is 11.4. The molecule has 0 fully saturated rings. The molecule has 0 unspecified atom stereocenters. The molecule has 0 saturated heterocycles. The predicted octanol–water partition coefficient (Wildman–Crippen LogP) is 0.433. The van der Waals surface area contributed by atoms with Gasteiger partial charge in [-0.15, -0.1) is 0 Å². The van der Waals surface area contributed by atoms with Crippen LogP contribution in [-0.4, -0.2) is 37.1 Å². The van der Waals surface area contributed by atoms with Gasteiger partial charge in [0.05, 0.1) is 25.7 Å². The Labute approximate surface area is 116 Å². The van der Waals surface area contributed by atoms with E-state index in [1.54, 1.807) is 19.9 Å². The minimum Gasteiger partial charge on any atom is -0.472 e. The summed E-state index contributed by atoms with van der Waals surface area (Å²) in [5.41, 5.74) is -1.35. The third-order valence-electron chi connectivity index (χ3n) is 2.60. The summed E-state index contributed by atoms with van der Waals surface area (Å²) in [5, 5.41) is 2.23. The highest BCUT2D eigenvalue weighted by Gasteiger charge is 2.49. The number of carbonyl (C=O) groups excluding carboxylic acids is 3. The standard InChI is InChI=1S/C13H17NO6/c1-3-19-11(16)13(14-9-15,12(17)20-4-2)7-10-5-6-18-8-10/h5-6,8-9H,3-4,7H2,1-2H3,(H,14,15). The first kappa shape index (κ1) is 15.7. The molecule has 0 aliphatic heterocycles. The predicted molar refractivity (Wildman–Crippen MR) is 67.6 cm³/mol. The second-order valence-corrected chi connectivity index (χ2v) is 3.92. The fourth-order valence-corrected chi connectivity index (χ4v) is 1.71. The van der Waals surface area contributed by atoms with Crippen molar-refractivity contribution >= 4 is 18.3 Å². The Kier molecular flexibility index (Phi) is 5.76. The summed E-state index contributed by atoms with van der Waals surface area (Å²) >= 11 is 0. The molecule has 20 heavy (non-hydrogen) atoms. The molecule has 1 aromatic heterocycles. The Hall–Kier alpha value is -2.31. The number of nitrogens with one attached hydrogen (secondary N) is 1. The van der Waals surface area contributed by atoms with Gasteiger partial charge in [-0.3, -0.25) is 4.79 Å². The summed E-state index contributed by atoms with van der Waals surface area (Å²) in [4.78, 5) is 35.1. The molecule has 0 radical (unpaired) electrons. The minimum atomic E-state index is -1.91. The third-order valence-corrected chi connectivity index (χ3v) is 2.60. The first-order valence-electron chi connectivity index (χ1n) is 6.17. The van der Waals surface area contributed by atoms with Crippen LogP contribution in [0.3, 0.4) is 0 Å². The number of esters is 2. The van der Waals surface area contributed by atoms with Crippen molar-refractivity contribution in [3.8, 4) is 0 Å². The van der Waals surface area contributed by atoms with Gasteiger partial charge >= 0.3 is 11.9 Å². The number of amides is 1. The number of ether oxygens (including phenoxy) is 2. The normalized spacial score (nSPS) is 10.7. The molecule has 1 amide bonds. The van der Waals surface area contributed by atoms with Crippen LogP contribution >= 0.6 is 0 Å². The van der Waals surface area contributed by atoms with Crippen molar-refractivity contribution in [1.82, 2.24) is 5.32 Å². The van der Waals surface area contributed by atoms with Crippen molar-refractivity contribution in [1.29, 1.82) is 0 Å². The third kappa shape index (κ3) is 3.37. The highest BCUT2D eigenvalue weighted by Crippen LogP contribution is 2.18. The minimum absolute atomic E-state index is 0.0753. The van der Waals surface area contributed by atoms with E-state index < -0.39 is 17.5 Å². The lowest BCUT2D eigenvalue weighted by molar-refractivity contribution is -0.167. The molecule has 110 valence electrons. The van der Waals surface area contributed by atoms with E-state index in [0.29, 0.717) is 5.56 Å². The van der Waals surface area contributed by atoms with Crippen LogP contribution in [0.1, 0.15) is 19.4 Å². The average Bonchev–Trinajstić information content (AvgIpc) is 2.91. The van der Waals surface area contributed by atoms with Crippen molar-refractivity contribution in [2.45, 2.75) is 25.8 Å². The van der Waals surface area contributed by atoms with Gasteiger partial charge in [0, 0.05) is 6.42 Å². The van der Waals surface area contributed by atoms with Crippen LogP contribution in [0, 0.1) is 0 Å². The summed E-state index contributed by atoms with van der Waals surface area (Å²) < 4.78 is 14.7. The van der Waals surface area contributed by atoms with Gasteiger partial charge in [0.25, 0.3) is 0 Å². The van der Waals surface area contributed by atoms with E-state index in [0.717, 1.165) is 0 Å². The first-order chi connectivity index (χ1) is 9.60. The molecule has 0 saturated carbocycles. The Morgan fingerprint density at radius 2 is 1.90 bits per heavy atom. The molecular weight excluding hydrogens is 266 g/mol. The SMILES string of the molecule is CCOC(=O)C(Cc1ccoc1)(NC=O)C(=O)OCC. The Morgan fingerprint density at radius 1 is 1.30 bits per heavy atom. The van der Waals surface area contributed by atoms with Crippen molar-refractivity contribution in [2.24, 2.45) is 0 Å². The van der Waals surface area contributed by atoms with Crippen molar-refractivity contribution < 1.29 is 28.3 Å². The molecule has 7 heteroatoms. The fraction of sp³-hybridized carbons (Fsp3) is 0.462. The van der Waals surface area contributed by atoms with E-state index in [4.69, 9.17) is 13.9 Å². The monoisotopic (exact) mass is 283 g/mol. The van der Waals surface area contributed by atoms with Gasteiger partial charge in [-0.2, -0.15) is 0 Å². The van der Waals surface area contributed by atoms with E-state index in [-0.39, 0.29) is 26.0 Å². The van der Waals surface area contributed by atoms with Crippen LogP contribution in [-0.2, 0) is 30.3 Å². The van der Waals surface area contributed by atoms with Gasteiger partial charge in [-0.25, -0.2) is 9.59 Å². The number of hydrogen-bond acceptors (Lipinski definition) is 6. The Morgan fingerprint density at radius 3 is 2.30 bits per heavy atom. The highest BCUT2D eigenvalue weighted by atomic mass is 16.6. The van der Waals surface area contributed by atoms with Crippen molar-refractivity contribution in [3.05, 3.63) is 24.2 Å². The maximum absolute atomic E-state index is 12.1. The van der Waals surface area contributed by atoms with E-state index >= 15 is 0 Å². The van der Waals surface area contributed by atoms with Gasteiger partial charge in [0.1, 0.15) is 0 Å². The van der Waals surface area contributed by atoms with Crippen molar-refractivity contribution in [3.63, 3.8) is 0 Å². The lowest BCUT2D eigenvalue weighted by atomic mass is 9.92. The summed E-state index contributed by atoms with van der Waals surface area (Å²) in [6.07, 6.45) is 2.94. The molecule has 1 aromatic rings. The maximum Gasteiger partial charge on any atom is 0.344 e. The van der Waals surface area contributed by atoms with Gasteiger partial charge in [-0.05, 0) is 25.5 Å². The number of furan rings is 1. The molecule has 1 heterocycles. The smallest absolute Gasteiger partial charge is 0.344 e. The van der Waals surface area contributed by atoms with E-state index in [1.165, 1.54) is 12.5 Å². The Balaban J connectivity index is 3.13. The molecule has 0 aliphatic carbocycles. The van der Waals surface area contributed by atoms with E-state index in [9.17, 15) is 14.4 Å². The lowest BCUT2D eigenvalue weighted by Gasteiger charge is -2.27. The quantitative estimate of drug-likeness (QED) is 0.422. The summed E-state index contributed by atoms with van der Waals surface area (Å²) in [6, 6.07) is 1.58. The number of carbonyl (C=O) groups is 3. The zero-order chi connectivity index (χ0) is 15.0. The molecule has 1 N–H and O–H groups in total. The van der Waals surface area contributed by atoms with Gasteiger partial charge in [-0.1, -0.05) is 0 Å². The molecule has 0 bridgehead atoms.